The van der Waals surface area contributed by atoms with Crippen molar-refractivity contribution in [1.29, 1.82) is 0 Å². The second-order valence-corrected chi connectivity index (χ2v) is 10.0. The number of fused-ring (bicyclic) bond motifs is 4. The maximum atomic E-state index is 14.9. The van der Waals surface area contributed by atoms with E-state index in [1.54, 1.807) is 6.92 Å². The van der Waals surface area contributed by atoms with Gasteiger partial charge in [0.25, 0.3) is 0 Å². The van der Waals surface area contributed by atoms with Crippen LogP contribution in [0.2, 0.25) is 0 Å². The molecule has 2 aromatic rings. The minimum Gasteiger partial charge on any atom is -0.460 e. The zero-order valence-electron chi connectivity index (χ0n) is 19.9. The van der Waals surface area contributed by atoms with Gasteiger partial charge in [0.15, 0.2) is 5.78 Å². The minimum atomic E-state index is -0.479. The number of esters is 1. The third-order valence-electron chi connectivity index (χ3n) is 8.35. The first-order valence-corrected chi connectivity index (χ1v) is 12.4. The lowest BCUT2D eigenvalue weighted by molar-refractivity contribution is -0.147. The van der Waals surface area contributed by atoms with Crippen LogP contribution < -0.4 is 5.32 Å². The molecule has 2 heterocycles. The molecule has 0 bridgehead atoms. The molecule has 1 aromatic heterocycles. The molecule has 1 N–H and O–H groups in total. The number of aryl methyl sites for hydroxylation is 1. The molecule has 0 radical (unpaired) electrons. The fourth-order valence-corrected chi connectivity index (χ4v) is 6.56. The number of hydrogen-bond donors (Lipinski definition) is 1. The first kappa shape index (κ1) is 22.1. The Labute approximate surface area is 202 Å². The van der Waals surface area contributed by atoms with Gasteiger partial charge in [-0.25, -0.2) is 9.37 Å². The Morgan fingerprint density at radius 3 is 2.83 bits per heavy atom. The number of carbonyl (C=O) groups excluding carboxylic acids is 3. The Hall–Kier alpha value is -3.35. The molecular formula is C28H27FN2O4. The Morgan fingerprint density at radius 1 is 1.23 bits per heavy atom. The average molecular weight is 475 g/mol. The topological polar surface area (TPSA) is 85.4 Å². The number of nitrogens with zero attached hydrogens (tertiary/aromatic N) is 1. The normalized spacial score (nSPS) is 26.7. The van der Waals surface area contributed by atoms with Crippen LogP contribution in [-0.4, -0.2) is 29.8 Å². The molecular weight excluding hydrogens is 447 g/mol. The molecule has 180 valence electrons. The van der Waals surface area contributed by atoms with E-state index < -0.39 is 5.92 Å². The first-order chi connectivity index (χ1) is 16.9. The van der Waals surface area contributed by atoms with E-state index in [1.165, 1.54) is 6.07 Å². The van der Waals surface area contributed by atoms with Crippen molar-refractivity contribution >= 4 is 34.6 Å². The van der Waals surface area contributed by atoms with Gasteiger partial charge in [0.2, 0.25) is 6.41 Å². The predicted octanol–water partition coefficient (Wildman–Crippen LogP) is 4.21. The number of benzene rings is 1. The van der Waals surface area contributed by atoms with Gasteiger partial charge >= 0.3 is 5.97 Å². The number of nitrogens with one attached hydrogen (secondary N) is 1. The lowest BCUT2D eigenvalue weighted by Gasteiger charge is -2.29. The third kappa shape index (κ3) is 3.20. The summed E-state index contributed by atoms with van der Waals surface area (Å²) in [4.78, 5) is 42.0. The van der Waals surface area contributed by atoms with Gasteiger partial charge in [0.1, 0.15) is 12.4 Å². The van der Waals surface area contributed by atoms with Crippen molar-refractivity contribution in [3.8, 4) is 0 Å². The van der Waals surface area contributed by atoms with E-state index in [2.05, 4.69) is 5.32 Å². The van der Waals surface area contributed by atoms with Crippen LogP contribution in [0.25, 0.3) is 16.5 Å². The standard InChI is InChI=1S/C28H27FN2O4/c1-3-15-18-9-17-14(4-7-24(33)20(18)11-35-28(15)34)8-19-26-22(30-12-32)6-5-16-13(2)21(29)10-23(25(16)26)31-27(17)19/h9-10,12,14-15,22H,3-8,11H2,1-2H3,(H,30,32)/b17-9+/t14?,15-,22+/m1/s1. The number of cyclic esters (lactones) is 1. The maximum Gasteiger partial charge on any atom is 0.313 e. The number of ketones is 1. The molecule has 0 spiro atoms. The van der Waals surface area contributed by atoms with Crippen molar-refractivity contribution in [2.24, 2.45) is 11.8 Å². The van der Waals surface area contributed by atoms with Crippen LogP contribution in [0.5, 0.6) is 0 Å². The Morgan fingerprint density at radius 2 is 2.06 bits per heavy atom. The van der Waals surface area contributed by atoms with Crippen molar-refractivity contribution in [3.63, 3.8) is 0 Å². The maximum absolute atomic E-state index is 14.9. The van der Waals surface area contributed by atoms with E-state index in [9.17, 15) is 18.8 Å². The number of rotatable bonds is 3. The molecule has 4 aliphatic rings. The van der Waals surface area contributed by atoms with E-state index >= 15 is 0 Å². The molecule has 6 nitrogen and oxygen atoms in total. The number of aromatic nitrogens is 1. The van der Waals surface area contributed by atoms with E-state index in [4.69, 9.17) is 9.72 Å². The Bertz CT molecular complexity index is 1390. The average Bonchev–Trinajstić information content (AvgIpc) is 3.17. The van der Waals surface area contributed by atoms with Crippen LogP contribution in [0.15, 0.2) is 23.3 Å². The predicted molar refractivity (Wildman–Crippen MR) is 128 cm³/mol. The van der Waals surface area contributed by atoms with E-state index in [1.807, 2.05) is 13.0 Å². The highest BCUT2D eigenvalue weighted by molar-refractivity contribution is 6.01. The van der Waals surface area contributed by atoms with Crippen molar-refractivity contribution in [2.45, 2.75) is 58.4 Å². The third-order valence-corrected chi connectivity index (χ3v) is 8.35. The number of halogens is 1. The zero-order valence-corrected chi connectivity index (χ0v) is 19.9. The fraction of sp³-hybridized carbons (Fsp3) is 0.429. The van der Waals surface area contributed by atoms with E-state index in [0.717, 1.165) is 45.3 Å². The van der Waals surface area contributed by atoms with Crippen molar-refractivity contribution < 1.29 is 23.5 Å². The Balaban J connectivity index is 1.63. The number of carbonyl (C=O) groups is 3. The molecule has 0 fully saturated rings. The zero-order chi connectivity index (χ0) is 24.4. The van der Waals surface area contributed by atoms with E-state index in [-0.39, 0.29) is 36.1 Å². The largest absolute Gasteiger partial charge is 0.460 e. The molecule has 0 saturated heterocycles. The fourth-order valence-electron chi connectivity index (χ4n) is 6.56. The molecule has 6 rings (SSSR count). The van der Waals surface area contributed by atoms with Crippen LogP contribution >= 0.6 is 0 Å². The molecule has 1 aliphatic heterocycles. The molecule has 0 saturated carbocycles. The van der Waals surface area contributed by atoms with Crippen LogP contribution in [0, 0.1) is 24.6 Å². The summed E-state index contributed by atoms with van der Waals surface area (Å²) in [6, 6.07) is 1.33. The molecule has 1 unspecified atom stereocenters. The molecule has 1 amide bonds. The van der Waals surface area contributed by atoms with E-state index in [0.29, 0.717) is 55.2 Å². The lowest BCUT2D eigenvalue weighted by Crippen LogP contribution is -2.30. The second kappa shape index (κ2) is 8.11. The Kier molecular flexibility index (Phi) is 5.13. The van der Waals surface area contributed by atoms with Gasteiger partial charge in [-0.05, 0) is 78.3 Å². The molecule has 7 heteroatoms. The molecule has 3 atom stereocenters. The number of amides is 1. The van der Waals surface area contributed by atoms with Gasteiger partial charge in [-0.1, -0.05) is 13.0 Å². The van der Waals surface area contributed by atoms with Gasteiger partial charge in [-0.2, -0.15) is 0 Å². The van der Waals surface area contributed by atoms with Gasteiger partial charge in [-0.15, -0.1) is 0 Å². The highest BCUT2D eigenvalue weighted by Crippen LogP contribution is 2.49. The summed E-state index contributed by atoms with van der Waals surface area (Å²) in [5.74, 6) is -0.937. The summed E-state index contributed by atoms with van der Waals surface area (Å²) in [6.45, 7) is 3.74. The number of hydrogen-bond acceptors (Lipinski definition) is 5. The summed E-state index contributed by atoms with van der Waals surface area (Å²) in [6.07, 6.45) is 6.41. The van der Waals surface area contributed by atoms with Gasteiger partial charge in [0, 0.05) is 23.4 Å². The number of Topliss-reactive ketones (excluding diaryl/α,β-unsaturated/α-hetero) is 1. The van der Waals surface area contributed by atoms with Gasteiger partial charge < -0.3 is 10.1 Å². The minimum absolute atomic E-state index is 0.0143. The van der Waals surface area contributed by atoms with Crippen molar-refractivity contribution in [1.82, 2.24) is 10.3 Å². The molecule has 1 aromatic carbocycles. The summed E-state index contributed by atoms with van der Waals surface area (Å²) >= 11 is 0. The van der Waals surface area contributed by atoms with Crippen LogP contribution in [0.4, 0.5) is 4.39 Å². The number of pyridine rings is 1. The lowest BCUT2D eigenvalue weighted by atomic mass is 9.81. The smallest absolute Gasteiger partial charge is 0.313 e. The van der Waals surface area contributed by atoms with Gasteiger partial charge in [-0.3, -0.25) is 14.4 Å². The summed E-state index contributed by atoms with van der Waals surface area (Å²) in [5.41, 5.74) is 7.45. The summed E-state index contributed by atoms with van der Waals surface area (Å²) in [5, 5.41) is 3.93. The number of allylic oxidation sites excluding steroid dienone is 2. The van der Waals surface area contributed by atoms with Crippen LogP contribution in [0.1, 0.15) is 66.6 Å². The SMILES string of the molecule is CC[C@H]1C(=O)OCC2=C1/C=C1/c3nc4cc(F)c(C)c5c4c(c3CC1CCC2=O)[C@@H](NC=O)CC5. The quantitative estimate of drug-likeness (QED) is 0.532. The second-order valence-electron chi connectivity index (χ2n) is 10.0. The highest BCUT2D eigenvalue weighted by Gasteiger charge is 2.40. The summed E-state index contributed by atoms with van der Waals surface area (Å²) in [7, 11) is 0. The van der Waals surface area contributed by atoms with Crippen molar-refractivity contribution in [3.05, 3.63) is 57.1 Å². The molecule has 35 heavy (non-hydrogen) atoms. The first-order valence-electron chi connectivity index (χ1n) is 12.4. The summed E-state index contributed by atoms with van der Waals surface area (Å²) < 4.78 is 20.2. The van der Waals surface area contributed by atoms with Crippen LogP contribution in [0.3, 0.4) is 0 Å². The van der Waals surface area contributed by atoms with Gasteiger partial charge in [0.05, 0.1) is 23.2 Å². The van der Waals surface area contributed by atoms with Crippen molar-refractivity contribution in [2.75, 3.05) is 6.61 Å². The number of ether oxygens (including phenoxy) is 1. The monoisotopic (exact) mass is 474 g/mol. The highest BCUT2D eigenvalue weighted by atomic mass is 19.1. The van der Waals surface area contributed by atoms with Crippen LogP contribution in [-0.2, 0) is 32.0 Å². The molecule has 3 aliphatic carbocycles.